The van der Waals surface area contributed by atoms with Crippen LogP contribution in [-0.2, 0) is 14.3 Å². The van der Waals surface area contributed by atoms with Crippen molar-refractivity contribution in [3.63, 3.8) is 0 Å². The molecule has 1 heterocycles. The van der Waals surface area contributed by atoms with Gasteiger partial charge in [0, 0.05) is 39.9 Å². The molecule has 2 bridgehead atoms. The van der Waals surface area contributed by atoms with E-state index in [0.717, 1.165) is 50.9 Å². The van der Waals surface area contributed by atoms with Crippen molar-refractivity contribution in [2.24, 2.45) is 34.6 Å². The van der Waals surface area contributed by atoms with E-state index in [2.05, 4.69) is 27.8 Å². The molecule has 3 aliphatic carbocycles. The molecule has 3 fully saturated rings. The summed E-state index contributed by atoms with van der Waals surface area (Å²) in [6.07, 6.45) is 9.57. The quantitative estimate of drug-likeness (QED) is 0.193. The predicted molar refractivity (Wildman–Crippen MR) is 107 cm³/mol. The van der Waals surface area contributed by atoms with Gasteiger partial charge in [-0.25, -0.2) is 0 Å². The Morgan fingerprint density at radius 2 is 1.75 bits per heavy atom. The number of nitrogens with zero attached hydrogens (tertiary/aromatic N) is 2. The smallest absolute Gasteiger partial charge is 0.233 e. The zero-order valence-corrected chi connectivity index (χ0v) is 16.7. The minimum Gasteiger partial charge on any atom is -0.381 e. The zero-order chi connectivity index (χ0) is 19.5. The molecular weight excluding hydrogens is 356 g/mol. The normalized spacial score (nSPS) is 31.0. The number of imide groups is 1. The van der Waals surface area contributed by atoms with Crippen LogP contribution >= 0.6 is 0 Å². The minimum absolute atomic E-state index is 0.0422. The molecule has 4 aliphatic rings. The van der Waals surface area contributed by atoms with E-state index < -0.39 is 0 Å². The van der Waals surface area contributed by atoms with Crippen LogP contribution in [0.5, 0.6) is 0 Å². The predicted octanol–water partition coefficient (Wildman–Crippen LogP) is 1.17. The maximum Gasteiger partial charge on any atom is 0.233 e. The Labute approximate surface area is 167 Å². The van der Waals surface area contributed by atoms with E-state index in [1.165, 1.54) is 17.7 Å². The number of fused-ring (bicyclic) bond motifs is 5. The van der Waals surface area contributed by atoms with Gasteiger partial charge in [-0.2, -0.15) is 0 Å². The van der Waals surface area contributed by atoms with Gasteiger partial charge in [0.05, 0.1) is 11.8 Å². The van der Waals surface area contributed by atoms with Gasteiger partial charge >= 0.3 is 0 Å². The Hall–Kier alpha value is -1.89. The Balaban J connectivity index is 1.10. The van der Waals surface area contributed by atoms with Crippen molar-refractivity contribution in [1.29, 1.82) is 0 Å². The molecule has 0 spiro atoms. The molecule has 0 aromatic rings. The van der Waals surface area contributed by atoms with Crippen molar-refractivity contribution in [3.8, 4) is 0 Å². The molecule has 7 heteroatoms. The van der Waals surface area contributed by atoms with Gasteiger partial charge in [0.15, 0.2) is 5.96 Å². The monoisotopic (exact) mass is 388 g/mol. The molecule has 2 N–H and O–H groups in total. The second-order valence-corrected chi connectivity index (χ2v) is 8.48. The van der Waals surface area contributed by atoms with E-state index in [1.807, 2.05) is 0 Å². The second-order valence-electron chi connectivity index (χ2n) is 8.48. The molecule has 7 nitrogen and oxygen atoms in total. The summed E-state index contributed by atoms with van der Waals surface area (Å²) in [6.45, 7) is 3.66. The van der Waals surface area contributed by atoms with Crippen molar-refractivity contribution in [2.75, 3.05) is 39.9 Å². The van der Waals surface area contributed by atoms with Crippen molar-refractivity contribution < 1.29 is 14.3 Å². The molecule has 4 unspecified atom stereocenters. The maximum absolute atomic E-state index is 12.6. The van der Waals surface area contributed by atoms with E-state index >= 15 is 0 Å². The number of carbonyl (C=O) groups is 2. The van der Waals surface area contributed by atoms with Gasteiger partial charge in [0.2, 0.25) is 11.8 Å². The fourth-order valence-corrected chi connectivity index (χ4v) is 4.76. The lowest BCUT2D eigenvalue weighted by molar-refractivity contribution is -0.140. The highest BCUT2D eigenvalue weighted by Gasteiger charge is 2.58. The summed E-state index contributed by atoms with van der Waals surface area (Å²) in [7, 11) is 1.75. The molecule has 4 rings (SSSR count). The van der Waals surface area contributed by atoms with Gasteiger partial charge in [-0.05, 0) is 49.9 Å². The first-order valence-electron chi connectivity index (χ1n) is 10.7. The van der Waals surface area contributed by atoms with Gasteiger partial charge in [0.25, 0.3) is 0 Å². The topological polar surface area (TPSA) is 83.0 Å². The standard InChI is InChI=1S/C21H32N4O3/c1-22-21(24-9-3-11-28-13-14-4-5-14)23-8-2-10-25-19(26)17-15-6-7-16(12-15)18(17)20(25)27/h6-7,14-18H,2-5,8-13H2,1H3,(H2,22,23,24). The van der Waals surface area contributed by atoms with E-state index in [-0.39, 0.29) is 35.5 Å². The van der Waals surface area contributed by atoms with Crippen LogP contribution in [0.3, 0.4) is 0 Å². The summed E-state index contributed by atoms with van der Waals surface area (Å²) in [5.74, 6) is 2.03. The number of hydrogen-bond donors (Lipinski definition) is 2. The number of hydrogen-bond acceptors (Lipinski definition) is 4. The maximum atomic E-state index is 12.6. The lowest BCUT2D eigenvalue weighted by atomic mass is 9.85. The Morgan fingerprint density at radius 1 is 1.11 bits per heavy atom. The highest BCUT2D eigenvalue weighted by molar-refractivity contribution is 6.06. The molecule has 2 saturated carbocycles. The van der Waals surface area contributed by atoms with E-state index in [9.17, 15) is 9.59 Å². The molecule has 0 aromatic carbocycles. The van der Waals surface area contributed by atoms with Crippen molar-refractivity contribution >= 4 is 17.8 Å². The number of aliphatic imine (C=N–C) groups is 1. The summed E-state index contributed by atoms with van der Waals surface area (Å²) in [5, 5.41) is 6.53. The summed E-state index contributed by atoms with van der Waals surface area (Å²) in [5.41, 5.74) is 0. The van der Waals surface area contributed by atoms with Gasteiger partial charge in [-0.15, -0.1) is 0 Å². The second kappa shape index (κ2) is 8.64. The molecule has 0 aromatic heterocycles. The molecule has 154 valence electrons. The van der Waals surface area contributed by atoms with Crippen LogP contribution in [0.1, 0.15) is 32.1 Å². The van der Waals surface area contributed by atoms with Gasteiger partial charge in [0.1, 0.15) is 0 Å². The fourth-order valence-electron chi connectivity index (χ4n) is 4.76. The van der Waals surface area contributed by atoms with Gasteiger partial charge < -0.3 is 15.4 Å². The first-order valence-corrected chi connectivity index (χ1v) is 10.7. The Morgan fingerprint density at radius 3 is 2.36 bits per heavy atom. The van der Waals surface area contributed by atoms with Crippen molar-refractivity contribution in [1.82, 2.24) is 15.5 Å². The van der Waals surface area contributed by atoms with Crippen molar-refractivity contribution in [2.45, 2.75) is 32.1 Å². The number of guanidine groups is 1. The molecular formula is C21H32N4O3. The molecule has 1 saturated heterocycles. The van der Waals surface area contributed by atoms with Gasteiger partial charge in [-0.3, -0.25) is 19.5 Å². The van der Waals surface area contributed by atoms with Crippen LogP contribution in [0.25, 0.3) is 0 Å². The first-order chi connectivity index (χ1) is 13.7. The molecule has 4 atom stereocenters. The number of likely N-dealkylation sites (tertiary alicyclic amines) is 1. The van der Waals surface area contributed by atoms with Crippen LogP contribution in [0.4, 0.5) is 0 Å². The van der Waals surface area contributed by atoms with E-state index in [1.54, 1.807) is 7.05 Å². The number of amides is 2. The van der Waals surface area contributed by atoms with E-state index in [4.69, 9.17) is 4.74 Å². The summed E-state index contributed by atoms with van der Waals surface area (Å²) in [6, 6.07) is 0. The average Bonchev–Trinajstić information content (AvgIpc) is 3.20. The summed E-state index contributed by atoms with van der Waals surface area (Å²) in [4.78, 5) is 31.0. The number of rotatable bonds is 10. The molecule has 28 heavy (non-hydrogen) atoms. The number of allylic oxidation sites excluding steroid dienone is 2. The lowest BCUT2D eigenvalue weighted by Gasteiger charge is -2.18. The number of carbonyl (C=O) groups excluding carboxylic acids is 2. The highest BCUT2D eigenvalue weighted by Crippen LogP contribution is 2.52. The summed E-state index contributed by atoms with van der Waals surface area (Å²) >= 11 is 0. The number of nitrogens with one attached hydrogen (secondary N) is 2. The third-order valence-corrected chi connectivity index (χ3v) is 6.44. The van der Waals surface area contributed by atoms with Crippen LogP contribution in [0, 0.1) is 29.6 Å². The molecule has 1 aliphatic heterocycles. The SMILES string of the molecule is CN=C(NCCCOCC1CC1)NCCCN1C(=O)C2C3C=CC(C3)C2C1=O. The largest absolute Gasteiger partial charge is 0.381 e. The summed E-state index contributed by atoms with van der Waals surface area (Å²) < 4.78 is 5.63. The molecule has 2 amide bonds. The minimum atomic E-state index is -0.0907. The van der Waals surface area contributed by atoms with Crippen LogP contribution in [0.15, 0.2) is 17.1 Å². The zero-order valence-electron chi connectivity index (χ0n) is 16.7. The molecule has 0 radical (unpaired) electrons. The Bertz CT molecular complexity index is 628. The van der Waals surface area contributed by atoms with Crippen LogP contribution in [-0.4, -0.2) is 62.6 Å². The van der Waals surface area contributed by atoms with Crippen LogP contribution < -0.4 is 10.6 Å². The third-order valence-electron chi connectivity index (χ3n) is 6.44. The number of ether oxygens (including phenoxy) is 1. The van der Waals surface area contributed by atoms with Gasteiger partial charge in [-0.1, -0.05) is 12.2 Å². The van der Waals surface area contributed by atoms with Crippen LogP contribution in [0.2, 0.25) is 0 Å². The van der Waals surface area contributed by atoms with Crippen molar-refractivity contribution in [3.05, 3.63) is 12.2 Å². The average molecular weight is 389 g/mol. The van der Waals surface area contributed by atoms with E-state index in [0.29, 0.717) is 13.1 Å². The fraction of sp³-hybridized carbons (Fsp3) is 0.762. The first kappa shape index (κ1) is 19.4. The highest BCUT2D eigenvalue weighted by atomic mass is 16.5. The third kappa shape index (κ3) is 4.09. The Kier molecular flexibility index (Phi) is 5.99. The lowest BCUT2D eigenvalue weighted by Crippen LogP contribution is -2.40.